The van der Waals surface area contributed by atoms with Crippen LogP contribution in [0.4, 0.5) is 0 Å². The minimum Gasteiger partial charge on any atom is -0.380 e. The first-order valence-corrected chi connectivity index (χ1v) is 6.15. The Balaban J connectivity index is 2.40. The van der Waals surface area contributed by atoms with Crippen molar-refractivity contribution in [3.05, 3.63) is 0 Å². The zero-order chi connectivity index (χ0) is 11.4. The minimum atomic E-state index is -0.0551. The van der Waals surface area contributed by atoms with Gasteiger partial charge in [-0.05, 0) is 32.6 Å². The van der Waals surface area contributed by atoms with Gasteiger partial charge in [-0.3, -0.25) is 0 Å². The van der Waals surface area contributed by atoms with Crippen molar-refractivity contribution in [2.75, 3.05) is 19.8 Å². The Morgan fingerprint density at radius 1 is 1.40 bits per heavy atom. The van der Waals surface area contributed by atoms with E-state index in [0.29, 0.717) is 0 Å². The zero-order valence-corrected chi connectivity index (χ0v) is 10.4. The van der Waals surface area contributed by atoms with Crippen LogP contribution in [0.1, 0.15) is 46.5 Å². The molecule has 15 heavy (non-hydrogen) atoms. The number of rotatable bonds is 5. The van der Waals surface area contributed by atoms with Crippen LogP contribution in [-0.4, -0.2) is 30.8 Å². The minimum absolute atomic E-state index is 0.0551. The fraction of sp³-hybridized carbons (Fsp3) is 1.00. The van der Waals surface area contributed by atoms with Gasteiger partial charge in [-0.15, -0.1) is 0 Å². The lowest BCUT2D eigenvalue weighted by molar-refractivity contribution is 0.0258. The van der Waals surface area contributed by atoms with Crippen LogP contribution in [0.25, 0.3) is 0 Å². The van der Waals surface area contributed by atoms with Crippen LogP contribution in [0.2, 0.25) is 0 Å². The predicted molar refractivity (Wildman–Crippen MR) is 64.0 cm³/mol. The van der Waals surface area contributed by atoms with Crippen LogP contribution in [0.3, 0.4) is 0 Å². The molecule has 3 nitrogen and oxygen atoms in total. The molecule has 1 heterocycles. The van der Waals surface area contributed by atoms with E-state index in [2.05, 4.69) is 26.1 Å². The van der Waals surface area contributed by atoms with Crippen LogP contribution >= 0.6 is 0 Å². The standard InChI is InChI=1S/C12H26N2O/c1-4-12(13,5-2)9-14-11(3)7-6-8-15-10-11/h14H,4-10,13H2,1-3H3. The molecular weight excluding hydrogens is 188 g/mol. The molecule has 0 radical (unpaired) electrons. The molecule has 1 unspecified atom stereocenters. The summed E-state index contributed by atoms with van der Waals surface area (Å²) in [4.78, 5) is 0. The van der Waals surface area contributed by atoms with Crippen LogP contribution in [0, 0.1) is 0 Å². The Bertz CT molecular complexity index is 184. The summed E-state index contributed by atoms with van der Waals surface area (Å²) >= 11 is 0. The van der Waals surface area contributed by atoms with E-state index in [0.717, 1.165) is 39.0 Å². The van der Waals surface area contributed by atoms with Gasteiger partial charge in [-0.2, -0.15) is 0 Å². The maximum atomic E-state index is 6.27. The summed E-state index contributed by atoms with van der Waals surface area (Å²) < 4.78 is 5.51. The lowest BCUT2D eigenvalue weighted by Gasteiger charge is -2.38. The maximum Gasteiger partial charge on any atom is 0.0645 e. The summed E-state index contributed by atoms with van der Waals surface area (Å²) in [6.45, 7) is 9.16. The molecule has 90 valence electrons. The first-order chi connectivity index (χ1) is 7.04. The number of hydrogen-bond donors (Lipinski definition) is 2. The molecule has 0 spiro atoms. The summed E-state index contributed by atoms with van der Waals surface area (Å²) in [7, 11) is 0. The summed E-state index contributed by atoms with van der Waals surface area (Å²) in [5, 5.41) is 3.59. The van der Waals surface area contributed by atoms with E-state index < -0.39 is 0 Å². The Kier molecular flexibility index (Phi) is 4.56. The third-order valence-electron chi connectivity index (χ3n) is 3.71. The first kappa shape index (κ1) is 12.9. The second kappa shape index (κ2) is 5.28. The van der Waals surface area contributed by atoms with Crippen molar-refractivity contribution in [1.29, 1.82) is 0 Å². The molecule has 1 fully saturated rings. The molecule has 3 heteroatoms. The first-order valence-electron chi connectivity index (χ1n) is 6.15. The number of ether oxygens (including phenoxy) is 1. The number of hydrogen-bond acceptors (Lipinski definition) is 3. The fourth-order valence-corrected chi connectivity index (χ4v) is 1.96. The molecule has 1 atom stereocenters. The predicted octanol–water partition coefficient (Wildman–Crippen LogP) is 1.66. The lowest BCUT2D eigenvalue weighted by atomic mass is 9.90. The second-order valence-corrected chi connectivity index (χ2v) is 5.14. The van der Waals surface area contributed by atoms with Crippen molar-refractivity contribution in [2.24, 2.45) is 5.73 Å². The quantitative estimate of drug-likeness (QED) is 0.732. The van der Waals surface area contributed by atoms with Gasteiger partial charge in [-0.25, -0.2) is 0 Å². The van der Waals surface area contributed by atoms with Gasteiger partial charge in [-0.1, -0.05) is 13.8 Å². The molecule has 0 amide bonds. The molecule has 1 aliphatic heterocycles. The maximum absolute atomic E-state index is 6.27. The molecule has 0 aromatic rings. The van der Waals surface area contributed by atoms with Crippen molar-refractivity contribution in [3.63, 3.8) is 0 Å². The molecule has 1 saturated heterocycles. The summed E-state index contributed by atoms with van der Waals surface area (Å²) in [6.07, 6.45) is 4.39. The topological polar surface area (TPSA) is 47.3 Å². The van der Waals surface area contributed by atoms with Gasteiger partial charge in [0.1, 0.15) is 0 Å². The summed E-state index contributed by atoms with van der Waals surface area (Å²) in [5.41, 5.74) is 6.35. The van der Waals surface area contributed by atoms with Crippen molar-refractivity contribution >= 4 is 0 Å². The van der Waals surface area contributed by atoms with Crippen LogP contribution in [0.15, 0.2) is 0 Å². The fourth-order valence-electron chi connectivity index (χ4n) is 1.96. The summed E-state index contributed by atoms with van der Waals surface area (Å²) in [6, 6.07) is 0. The van der Waals surface area contributed by atoms with E-state index in [9.17, 15) is 0 Å². The average molecular weight is 214 g/mol. The highest BCUT2D eigenvalue weighted by atomic mass is 16.5. The summed E-state index contributed by atoms with van der Waals surface area (Å²) in [5.74, 6) is 0. The van der Waals surface area contributed by atoms with Gasteiger partial charge < -0.3 is 15.8 Å². The second-order valence-electron chi connectivity index (χ2n) is 5.14. The van der Waals surface area contributed by atoms with Crippen molar-refractivity contribution < 1.29 is 4.74 Å². The zero-order valence-electron chi connectivity index (χ0n) is 10.4. The van der Waals surface area contributed by atoms with E-state index in [4.69, 9.17) is 10.5 Å². The van der Waals surface area contributed by atoms with Crippen molar-refractivity contribution in [2.45, 2.75) is 57.5 Å². The molecule has 0 aromatic carbocycles. The lowest BCUT2D eigenvalue weighted by Crippen LogP contribution is -2.57. The largest absolute Gasteiger partial charge is 0.380 e. The van der Waals surface area contributed by atoms with E-state index in [1.165, 1.54) is 6.42 Å². The molecular formula is C12H26N2O. The van der Waals surface area contributed by atoms with E-state index in [1.807, 2.05) is 0 Å². The molecule has 0 aromatic heterocycles. The third kappa shape index (κ3) is 3.74. The average Bonchev–Trinajstić information content (AvgIpc) is 2.27. The number of nitrogens with one attached hydrogen (secondary N) is 1. The molecule has 0 bridgehead atoms. The normalized spacial score (nSPS) is 28.0. The highest BCUT2D eigenvalue weighted by molar-refractivity contribution is 4.91. The van der Waals surface area contributed by atoms with Gasteiger partial charge in [0.05, 0.1) is 6.61 Å². The smallest absolute Gasteiger partial charge is 0.0645 e. The SMILES string of the molecule is CCC(N)(CC)CNC1(C)CCCOC1. The van der Waals surface area contributed by atoms with E-state index in [1.54, 1.807) is 0 Å². The van der Waals surface area contributed by atoms with Gasteiger partial charge in [0.2, 0.25) is 0 Å². The number of nitrogens with two attached hydrogens (primary N) is 1. The molecule has 1 rings (SSSR count). The Morgan fingerprint density at radius 3 is 2.53 bits per heavy atom. The Hall–Kier alpha value is -0.120. The van der Waals surface area contributed by atoms with Gasteiger partial charge in [0.15, 0.2) is 0 Å². The van der Waals surface area contributed by atoms with E-state index in [-0.39, 0.29) is 11.1 Å². The third-order valence-corrected chi connectivity index (χ3v) is 3.71. The van der Waals surface area contributed by atoms with Crippen LogP contribution < -0.4 is 11.1 Å². The van der Waals surface area contributed by atoms with Crippen molar-refractivity contribution in [1.82, 2.24) is 5.32 Å². The Labute approximate surface area is 93.8 Å². The highest BCUT2D eigenvalue weighted by Gasteiger charge is 2.30. The molecule has 0 saturated carbocycles. The van der Waals surface area contributed by atoms with Crippen LogP contribution in [-0.2, 0) is 4.74 Å². The van der Waals surface area contributed by atoms with Gasteiger partial charge >= 0.3 is 0 Å². The molecule has 1 aliphatic rings. The van der Waals surface area contributed by atoms with Gasteiger partial charge in [0, 0.05) is 24.2 Å². The highest BCUT2D eigenvalue weighted by Crippen LogP contribution is 2.20. The van der Waals surface area contributed by atoms with Crippen molar-refractivity contribution in [3.8, 4) is 0 Å². The molecule has 3 N–H and O–H groups in total. The van der Waals surface area contributed by atoms with E-state index >= 15 is 0 Å². The Morgan fingerprint density at radius 2 is 2.07 bits per heavy atom. The monoisotopic (exact) mass is 214 g/mol. The van der Waals surface area contributed by atoms with Crippen LogP contribution in [0.5, 0.6) is 0 Å². The molecule has 0 aliphatic carbocycles. The van der Waals surface area contributed by atoms with Gasteiger partial charge in [0.25, 0.3) is 0 Å².